The van der Waals surface area contributed by atoms with Crippen LogP contribution in [0.1, 0.15) is 20.8 Å². The van der Waals surface area contributed by atoms with Gasteiger partial charge in [0.2, 0.25) is 0 Å². The summed E-state index contributed by atoms with van der Waals surface area (Å²) in [5, 5.41) is 0. The Hall–Kier alpha value is 1.87. The molecule has 0 radical (unpaired) electrons. The molecule has 0 aliphatic heterocycles. The molecule has 0 rings (SSSR count). The Morgan fingerprint density at radius 3 is 1.00 bits per heavy atom. The van der Waals surface area contributed by atoms with E-state index in [2.05, 4.69) is 58.7 Å². The van der Waals surface area contributed by atoms with Gasteiger partial charge in [0.15, 0.2) is 0 Å². The standard InChI is InChI=1S/3C2H5S.Sb/c3*1-2-3;/h3*2-3H,1H3;. The molecule has 0 aromatic rings. The van der Waals surface area contributed by atoms with E-state index in [1.165, 1.54) is 0 Å². The van der Waals surface area contributed by atoms with Crippen molar-refractivity contribution in [3.63, 3.8) is 0 Å². The van der Waals surface area contributed by atoms with Gasteiger partial charge in [-0.25, -0.2) is 0 Å². The average molecular weight is 305 g/mol. The Labute approximate surface area is 87.7 Å². The van der Waals surface area contributed by atoms with Crippen molar-refractivity contribution in [3.05, 3.63) is 0 Å². The first-order valence-electron chi connectivity index (χ1n) is 3.28. The summed E-state index contributed by atoms with van der Waals surface area (Å²) in [5.41, 5.74) is 0. The van der Waals surface area contributed by atoms with Gasteiger partial charge >= 0.3 is 88.5 Å². The van der Waals surface area contributed by atoms with Gasteiger partial charge in [-0.3, -0.25) is 0 Å². The van der Waals surface area contributed by atoms with Crippen molar-refractivity contribution in [2.75, 3.05) is 0 Å². The zero-order valence-corrected chi connectivity index (χ0v) is 11.8. The van der Waals surface area contributed by atoms with Crippen LogP contribution in [0.4, 0.5) is 0 Å². The van der Waals surface area contributed by atoms with Crippen molar-refractivity contribution in [1.82, 2.24) is 0 Å². The average Bonchev–Trinajstić information content (AvgIpc) is 1.59. The van der Waals surface area contributed by atoms with Crippen molar-refractivity contribution < 1.29 is 0 Å². The van der Waals surface area contributed by atoms with Crippen molar-refractivity contribution in [2.24, 2.45) is 0 Å². The Balaban J connectivity index is 3.98. The second-order valence-corrected chi connectivity index (χ2v) is 17.5. The predicted molar refractivity (Wildman–Crippen MR) is 61.1 cm³/mol. The van der Waals surface area contributed by atoms with E-state index in [4.69, 9.17) is 0 Å². The fraction of sp³-hybridized carbons (Fsp3) is 1.00. The van der Waals surface area contributed by atoms with E-state index >= 15 is 0 Å². The number of thiol groups is 3. The second kappa shape index (κ2) is 5.50. The van der Waals surface area contributed by atoms with Gasteiger partial charge in [0.25, 0.3) is 0 Å². The first-order valence-corrected chi connectivity index (χ1v) is 9.25. The maximum absolute atomic E-state index is 4.46. The maximum atomic E-state index is 4.46. The van der Waals surface area contributed by atoms with Crippen LogP contribution in [0.15, 0.2) is 0 Å². The number of hydrogen-bond acceptors (Lipinski definition) is 3. The molecule has 0 spiro atoms. The molecule has 3 atom stereocenters. The molecule has 62 valence electrons. The Bertz CT molecular complexity index is 74.0. The molecule has 10 heavy (non-hydrogen) atoms. The molecule has 0 bridgehead atoms. The van der Waals surface area contributed by atoms with Crippen LogP contribution in [-0.2, 0) is 0 Å². The summed E-state index contributed by atoms with van der Waals surface area (Å²) >= 11 is 12.1. The molecule has 4 heteroatoms. The third-order valence-corrected chi connectivity index (χ3v) is 14.0. The fourth-order valence-corrected chi connectivity index (χ4v) is 16.4. The van der Waals surface area contributed by atoms with E-state index < -0.39 is 20.2 Å². The first kappa shape index (κ1) is 11.9. The summed E-state index contributed by atoms with van der Waals surface area (Å²) < 4.78 is 1.67. The van der Waals surface area contributed by atoms with E-state index in [-0.39, 0.29) is 0 Å². The zero-order chi connectivity index (χ0) is 8.31. The second-order valence-electron chi connectivity index (χ2n) is 2.34. The van der Waals surface area contributed by atoms with Crippen LogP contribution in [0.3, 0.4) is 0 Å². The molecule has 0 aliphatic carbocycles. The molecule has 0 aromatic carbocycles. The van der Waals surface area contributed by atoms with Gasteiger partial charge in [-0.15, -0.1) is 0 Å². The minimum absolute atomic E-state index is 0.558. The van der Waals surface area contributed by atoms with Gasteiger partial charge in [-0.1, -0.05) is 0 Å². The van der Waals surface area contributed by atoms with Crippen LogP contribution in [0.2, 0.25) is 0 Å². The molecule has 0 N–H and O–H groups in total. The first-order chi connectivity index (χ1) is 4.46. The van der Waals surface area contributed by atoms with Crippen LogP contribution >= 0.6 is 37.9 Å². The van der Waals surface area contributed by atoms with Gasteiger partial charge in [-0.05, 0) is 0 Å². The van der Waals surface area contributed by atoms with Gasteiger partial charge < -0.3 is 0 Å². The van der Waals surface area contributed by atoms with E-state index in [1.807, 2.05) is 0 Å². The zero-order valence-electron chi connectivity index (χ0n) is 6.52. The molecule has 0 nitrogen and oxygen atoms in total. The van der Waals surface area contributed by atoms with Crippen molar-refractivity contribution in [3.8, 4) is 0 Å². The van der Waals surface area contributed by atoms with E-state index in [1.54, 1.807) is 0 Å². The summed E-state index contributed by atoms with van der Waals surface area (Å²) in [6.07, 6.45) is 0. The quantitative estimate of drug-likeness (QED) is 0.516. The van der Waals surface area contributed by atoms with E-state index in [0.717, 1.165) is 0 Å². The van der Waals surface area contributed by atoms with Crippen LogP contribution in [0.25, 0.3) is 0 Å². The molecule has 0 saturated heterocycles. The third kappa shape index (κ3) is 4.04. The SMILES string of the molecule is C[CH](S)[Sb]([CH](C)S)[CH](C)S. The summed E-state index contributed by atoms with van der Waals surface area (Å²) in [4.78, 5) is 0. The third-order valence-electron chi connectivity index (χ3n) is 1.29. The predicted octanol–water partition coefficient (Wildman–Crippen LogP) is 2.05. The summed E-state index contributed by atoms with van der Waals surface area (Å²) in [5.74, 6) is 0. The Morgan fingerprint density at radius 1 is 0.800 bits per heavy atom. The van der Waals surface area contributed by atoms with Crippen molar-refractivity contribution in [1.29, 1.82) is 0 Å². The summed E-state index contributed by atoms with van der Waals surface area (Å²) in [7, 11) is 0. The van der Waals surface area contributed by atoms with Crippen LogP contribution < -0.4 is 0 Å². The molecule has 0 aliphatic rings. The molecular weight excluding hydrogens is 290 g/mol. The normalized spacial score (nSPS) is 20.7. The van der Waals surface area contributed by atoms with Gasteiger partial charge in [0.1, 0.15) is 0 Å². The molecule has 0 amide bonds. The molecule has 0 aromatic heterocycles. The van der Waals surface area contributed by atoms with Crippen LogP contribution in [0, 0.1) is 0 Å². The Kier molecular flexibility index (Phi) is 6.53. The van der Waals surface area contributed by atoms with Crippen LogP contribution in [-0.4, -0.2) is 29.8 Å². The molecule has 0 fully saturated rings. The monoisotopic (exact) mass is 304 g/mol. The molecule has 0 saturated carbocycles. The van der Waals surface area contributed by atoms with Crippen molar-refractivity contribution in [2.45, 2.75) is 30.4 Å². The van der Waals surface area contributed by atoms with Crippen molar-refractivity contribution >= 4 is 58.1 Å². The van der Waals surface area contributed by atoms with Crippen LogP contribution in [0.5, 0.6) is 0 Å². The van der Waals surface area contributed by atoms with Gasteiger partial charge in [-0.2, -0.15) is 0 Å². The minimum atomic E-state index is -1.29. The molecular formula is C6H15S3Sb. The Morgan fingerprint density at radius 2 is 1.00 bits per heavy atom. The van der Waals surface area contributed by atoms with Gasteiger partial charge in [0, 0.05) is 0 Å². The van der Waals surface area contributed by atoms with E-state index in [9.17, 15) is 0 Å². The summed E-state index contributed by atoms with van der Waals surface area (Å²) in [6, 6.07) is 0. The summed E-state index contributed by atoms with van der Waals surface area (Å²) in [6.45, 7) is 6.52. The molecule has 0 heterocycles. The topological polar surface area (TPSA) is 0 Å². The fourth-order valence-electron chi connectivity index (χ4n) is 0.937. The number of rotatable bonds is 3. The molecule has 3 unspecified atom stereocenters. The number of hydrogen-bond donors (Lipinski definition) is 3. The van der Waals surface area contributed by atoms with Gasteiger partial charge in [0.05, 0.1) is 0 Å². The van der Waals surface area contributed by atoms with E-state index in [0.29, 0.717) is 9.59 Å².